The van der Waals surface area contributed by atoms with Crippen molar-refractivity contribution >= 4 is 5.91 Å². The number of nitrogens with one attached hydrogen (secondary N) is 1. The first kappa shape index (κ1) is 15.9. The number of hydrogen-bond donors (Lipinski definition) is 2. The molecule has 0 heterocycles. The zero-order valence-electron chi connectivity index (χ0n) is 12.3. The van der Waals surface area contributed by atoms with Crippen molar-refractivity contribution in [3.8, 4) is 0 Å². The number of benzene rings is 1. The Morgan fingerprint density at radius 2 is 2.14 bits per heavy atom. The van der Waals surface area contributed by atoms with Gasteiger partial charge in [0.25, 0.3) is 0 Å². The van der Waals surface area contributed by atoms with Gasteiger partial charge in [0.05, 0.1) is 18.6 Å². The number of halogens is 1. The number of methoxy groups -OCH3 is 1. The van der Waals surface area contributed by atoms with Crippen LogP contribution in [-0.2, 0) is 22.7 Å². The van der Waals surface area contributed by atoms with Gasteiger partial charge in [-0.1, -0.05) is 18.9 Å². The van der Waals surface area contributed by atoms with Gasteiger partial charge < -0.3 is 15.2 Å². The van der Waals surface area contributed by atoms with Gasteiger partial charge >= 0.3 is 0 Å². The molecule has 0 aromatic heterocycles. The van der Waals surface area contributed by atoms with E-state index in [-0.39, 0.29) is 24.8 Å². The highest BCUT2D eigenvalue weighted by Gasteiger charge is 2.33. The summed E-state index contributed by atoms with van der Waals surface area (Å²) in [6, 6.07) is 4.70. The third-order valence-electron chi connectivity index (χ3n) is 3.92. The minimum Gasteiger partial charge on any atom is -0.389 e. The van der Waals surface area contributed by atoms with E-state index >= 15 is 0 Å². The number of hydrogen-bond acceptors (Lipinski definition) is 3. The Hall–Kier alpha value is -1.46. The average Bonchev–Trinajstić information content (AvgIpc) is 2.86. The second-order valence-electron chi connectivity index (χ2n) is 5.74. The number of aliphatic hydroxyl groups is 1. The molecule has 0 spiro atoms. The van der Waals surface area contributed by atoms with E-state index in [0.29, 0.717) is 24.9 Å². The molecule has 21 heavy (non-hydrogen) atoms. The first-order chi connectivity index (χ1) is 10.0. The normalized spacial score (nSPS) is 16.9. The maximum absolute atomic E-state index is 13.5. The fourth-order valence-corrected chi connectivity index (χ4v) is 2.78. The Labute approximate surface area is 124 Å². The molecule has 1 saturated carbocycles. The molecule has 0 atom stereocenters. The van der Waals surface area contributed by atoms with Crippen molar-refractivity contribution in [1.82, 2.24) is 5.32 Å². The zero-order chi connectivity index (χ0) is 15.3. The topological polar surface area (TPSA) is 58.6 Å². The molecule has 1 aromatic carbocycles. The van der Waals surface area contributed by atoms with Gasteiger partial charge in [-0.2, -0.15) is 0 Å². The lowest BCUT2D eigenvalue weighted by Crippen LogP contribution is -2.34. The first-order valence-corrected chi connectivity index (χ1v) is 7.28. The maximum Gasteiger partial charge on any atom is 0.223 e. The minimum atomic E-state index is -0.839. The van der Waals surface area contributed by atoms with E-state index in [1.165, 1.54) is 13.2 Å². The summed E-state index contributed by atoms with van der Waals surface area (Å²) in [5.41, 5.74) is 0.447. The van der Waals surface area contributed by atoms with Crippen molar-refractivity contribution in [1.29, 1.82) is 0 Å². The number of rotatable bonds is 6. The average molecular weight is 295 g/mol. The molecule has 5 heteroatoms. The first-order valence-electron chi connectivity index (χ1n) is 7.28. The van der Waals surface area contributed by atoms with E-state index in [1.807, 2.05) is 0 Å². The van der Waals surface area contributed by atoms with Crippen LogP contribution < -0.4 is 5.32 Å². The summed E-state index contributed by atoms with van der Waals surface area (Å²) in [4.78, 5) is 11.9. The van der Waals surface area contributed by atoms with Gasteiger partial charge in [-0.05, 0) is 30.5 Å². The van der Waals surface area contributed by atoms with E-state index in [4.69, 9.17) is 4.74 Å². The highest BCUT2D eigenvalue weighted by molar-refractivity contribution is 5.77. The second-order valence-corrected chi connectivity index (χ2v) is 5.74. The van der Waals surface area contributed by atoms with Crippen LogP contribution in [0.15, 0.2) is 18.2 Å². The Morgan fingerprint density at radius 1 is 1.43 bits per heavy atom. The molecule has 1 fully saturated rings. The Balaban J connectivity index is 1.87. The molecule has 1 amide bonds. The number of amides is 1. The van der Waals surface area contributed by atoms with Gasteiger partial charge in [-0.15, -0.1) is 0 Å². The molecule has 2 rings (SSSR count). The Kier molecular flexibility index (Phi) is 5.31. The molecular weight excluding hydrogens is 273 g/mol. The van der Waals surface area contributed by atoms with E-state index < -0.39 is 5.60 Å². The molecule has 1 aromatic rings. The third-order valence-corrected chi connectivity index (χ3v) is 3.92. The summed E-state index contributed by atoms with van der Waals surface area (Å²) in [6.07, 6.45) is 3.47. The third kappa shape index (κ3) is 4.51. The van der Waals surface area contributed by atoms with Crippen LogP contribution in [0.5, 0.6) is 0 Å². The van der Waals surface area contributed by atoms with Crippen LogP contribution in [-0.4, -0.2) is 23.7 Å². The molecule has 0 bridgehead atoms. The molecular formula is C16H22FNO3. The minimum absolute atomic E-state index is 0.138. The smallest absolute Gasteiger partial charge is 0.223 e. The van der Waals surface area contributed by atoms with Crippen molar-refractivity contribution in [2.24, 2.45) is 0 Å². The summed E-state index contributed by atoms with van der Waals surface area (Å²) < 4.78 is 18.4. The molecule has 2 N–H and O–H groups in total. The Bertz CT molecular complexity index is 498. The lowest BCUT2D eigenvalue weighted by atomic mass is 9.97. The monoisotopic (exact) mass is 295 g/mol. The summed E-state index contributed by atoms with van der Waals surface area (Å²) in [5.74, 6) is -0.482. The van der Waals surface area contributed by atoms with Crippen LogP contribution in [0.4, 0.5) is 4.39 Å². The van der Waals surface area contributed by atoms with Crippen LogP contribution in [0.2, 0.25) is 0 Å². The number of ether oxygens (including phenoxy) is 1. The molecule has 0 radical (unpaired) electrons. The number of carbonyl (C=O) groups excluding carboxylic acids is 1. The van der Waals surface area contributed by atoms with E-state index in [1.54, 1.807) is 12.1 Å². The van der Waals surface area contributed by atoms with Crippen molar-refractivity contribution in [3.05, 3.63) is 35.1 Å². The van der Waals surface area contributed by atoms with Crippen molar-refractivity contribution in [3.63, 3.8) is 0 Å². The summed E-state index contributed by atoms with van der Waals surface area (Å²) in [6.45, 7) is 0.527. The van der Waals surface area contributed by atoms with Gasteiger partial charge in [-0.25, -0.2) is 4.39 Å². The fourth-order valence-electron chi connectivity index (χ4n) is 2.78. The SMILES string of the molecule is COCc1cc(CNC(=O)CC2(O)CCCC2)ccc1F. The van der Waals surface area contributed by atoms with Crippen molar-refractivity contribution in [2.45, 2.75) is 50.9 Å². The van der Waals surface area contributed by atoms with Gasteiger partial charge in [0.2, 0.25) is 5.91 Å². The summed E-state index contributed by atoms with van der Waals surface area (Å²) in [7, 11) is 1.51. The largest absolute Gasteiger partial charge is 0.389 e. The molecule has 1 aliphatic rings. The maximum atomic E-state index is 13.5. The fraction of sp³-hybridized carbons (Fsp3) is 0.562. The molecule has 116 valence electrons. The molecule has 4 nitrogen and oxygen atoms in total. The van der Waals surface area contributed by atoms with Gasteiger partial charge in [0.15, 0.2) is 0 Å². The quantitative estimate of drug-likeness (QED) is 0.846. The summed E-state index contributed by atoms with van der Waals surface area (Å²) >= 11 is 0. The van der Waals surface area contributed by atoms with Crippen molar-refractivity contribution < 1.29 is 19.0 Å². The van der Waals surface area contributed by atoms with E-state index in [9.17, 15) is 14.3 Å². The van der Waals surface area contributed by atoms with Gasteiger partial charge in [-0.3, -0.25) is 4.79 Å². The zero-order valence-corrected chi connectivity index (χ0v) is 12.3. The van der Waals surface area contributed by atoms with Gasteiger partial charge in [0.1, 0.15) is 5.82 Å². The predicted molar refractivity (Wildman–Crippen MR) is 77.0 cm³/mol. The van der Waals surface area contributed by atoms with Crippen LogP contribution in [0.3, 0.4) is 0 Å². The predicted octanol–water partition coefficient (Wildman–Crippen LogP) is 2.28. The van der Waals surface area contributed by atoms with Crippen LogP contribution in [0.1, 0.15) is 43.2 Å². The number of carbonyl (C=O) groups is 1. The second kappa shape index (κ2) is 7.00. The standard InChI is InChI=1S/C16H22FNO3/c1-21-11-13-8-12(4-5-14(13)17)10-18-15(19)9-16(20)6-2-3-7-16/h4-5,8,20H,2-3,6-7,9-11H2,1H3,(H,18,19). The van der Waals surface area contributed by atoms with Crippen LogP contribution in [0, 0.1) is 5.82 Å². The highest BCUT2D eigenvalue weighted by Crippen LogP contribution is 2.32. The lowest BCUT2D eigenvalue weighted by molar-refractivity contribution is -0.126. The Morgan fingerprint density at radius 3 is 2.81 bits per heavy atom. The van der Waals surface area contributed by atoms with Crippen LogP contribution in [0.25, 0.3) is 0 Å². The summed E-state index contributed by atoms with van der Waals surface area (Å²) in [5, 5.41) is 13.0. The van der Waals surface area contributed by atoms with E-state index in [2.05, 4.69) is 5.32 Å². The van der Waals surface area contributed by atoms with Gasteiger partial charge in [0, 0.05) is 19.2 Å². The molecule has 0 aliphatic heterocycles. The highest BCUT2D eigenvalue weighted by atomic mass is 19.1. The molecule has 0 saturated heterocycles. The molecule has 1 aliphatic carbocycles. The molecule has 0 unspecified atom stereocenters. The van der Waals surface area contributed by atoms with Crippen LogP contribution >= 0.6 is 0 Å². The van der Waals surface area contributed by atoms with Crippen molar-refractivity contribution in [2.75, 3.05) is 7.11 Å². The lowest BCUT2D eigenvalue weighted by Gasteiger charge is -2.21. The van der Waals surface area contributed by atoms with E-state index in [0.717, 1.165) is 18.4 Å².